The van der Waals surface area contributed by atoms with Crippen molar-refractivity contribution < 1.29 is 17.6 Å². The van der Waals surface area contributed by atoms with Gasteiger partial charge in [-0.25, -0.2) is 8.42 Å². The van der Waals surface area contributed by atoms with Crippen LogP contribution in [0.3, 0.4) is 0 Å². The number of hydrogen-bond donors (Lipinski definition) is 2. The molecule has 1 aliphatic heterocycles. The van der Waals surface area contributed by atoms with Crippen LogP contribution >= 0.6 is 12.4 Å². The van der Waals surface area contributed by atoms with Crippen molar-refractivity contribution in [1.29, 1.82) is 0 Å². The Morgan fingerprint density at radius 2 is 2.04 bits per heavy atom. The summed E-state index contributed by atoms with van der Waals surface area (Å²) in [6, 6.07) is 1.25. The van der Waals surface area contributed by atoms with Crippen LogP contribution in [0.2, 0.25) is 0 Å². The Kier molecular flexibility index (Phi) is 5.95. The Morgan fingerprint density at radius 1 is 1.42 bits per heavy atom. The molecule has 1 aromatic rings. The summed E-state index contributed by atoms with van der Waals surface area (Å²) >= 11 is 0. The molecule has 3 rings (SSSR count). The van der Waals surface area contributed by atoms with E-state index in [4.69, 9.17) is 10.2 Å². The molecule has 3 N–H and O–H groups in total. The predicted molar refractivity (Wildman–Crippen MR) is 91.7 cm³/mol. The molecule has 7 nitrogen and oxygen atoms in total. The lowest BCUT2D eigenvalue weighted by atomic mass is 10.2. The van der Waals surface area contributed by atoms with Crippen LogP contribution in [0.25, 0.3) is 0 Å². The molecule has 24 heavy (non-hydrogen) atoms. The van der Waals surface area contributed by atoms with Gasteiger partial charge in [-0.3, -0.25) is 4.79 Å². The van der Waals surface area contributed by atoms with Gasteiger partial charge in [-0.1, -0.05) is 0 Å². The number of rotatable bonds is 6. The van der Waals surface area contributed by atoms with Crippen LogP contribution in [-0.4, -0.2) is 44.3 Å². The maximum Gasteiger partial charge on any atom is 0.287 e. The molecule has 1 aromatic heterocycles. The quantitative estimate of drug-likeness (QED) is 0.776. The number of carbonyl (C=O) groups is 1. The van der Waals surface area contributed by atoms with Gasteiger partial charge in [0, 0.05) is 31.7 Å². The molecule has 1 aliphatic carbocycles. The van der Waals surface area contributed by atoms with Crippen LogP contribution in [0.4, 0.5) is 0 Å². The van der Waals surface area contributed by atoms with Crippen molar-refractivity contribution in [3.8, 4) is 0 Å². The topological polar surface area (TPSA) is 106 Å². The van der Waals surface area contributed by atoms with E-state index in [1.54, 1.807) is 6.92 Å². The molecule has 0 spiro atoms. The van der Waals surface area contributed by atoms with Crippen molar-refractivity contribution in [2.75, 3.05) is 19.6 Å². The van der Waals surface area contributed by atoms with Crippen molar-refractivity contribution in [2.45, 2.75) is 43.5 Å². The first-order chi connectivity index (χ1) is 10.9. The van der Waals surface area contributed by atoms with E-state index in [1.165, 1.54) is 10.4 Å². The van der Waals surface area contributed by atoms with Crippen molar-refractivity contribution >= 4 is 28.3 Å². The molecule has 1 unspecified atom stereocenters. The zero-order valence-electron chi connectivity index (χ0n) is 13.7. The smallest absolute Gasteiger partial charge is 0.287 e. The third-order valence-electron chi connectivity index (χ3n) is 4.54. The number of hydrogen-bond acceptors (Lipinski definition) is 5. The predicted octanol–water partition coefficient (Wildman–Crippen LogP) is 1.26. The second-order valence-electron chi connectivity index (χ2n) is 6.30. The normalized spacial score (nSPS) is 19.8. The summed E-state index contributed by atoms with van der Waals surface area (Å²) in [6.07, 6.45) is 3.86. The molecule has 1 amide bonds. The molecule has 1 atom stereocenters. The van der Waals surface area contributed by atoms with E-state index in [0.29, 0.717) is 25.6 Å². The minimum Gasteiger partial charge on any atom is -0.455 e. The first kappa shape index (κ1) is 19.2. The van der Waals surface area contributed by atoms with Gasteiger partial charge in [-0.2, -0.15) is 4.31 Å². The molecule has 2 aliphatic rings. The summed E-state index contributed by atoms with van der Waals surface area (Å²) in [7, 11) is -3.59. The molecule has 0 aromatic carbocycles. The molecule has 2 fully saturated rings. The van der Waals surface area contributed by atoms with E-state index >= 15 is 0 Å². The van der Waals surface area contributed by atoms with Crippen LogP contribution in [0.15, 0.2) is 15.4 Å². The number of halogens is 1. The van der Waals surface area contributed by atoms with E-state index in [2.05, 4.69) is 5.32 Å². The molecular weight excluding hydrogens is 354 g/mol. The van der Waals surface area contributed by atoms with Gasteiger partial charge >= 0.3 is 0 Å². The number of sulfonamides is 1. The fourth-order valence-electron chi connectivity index (χ4n) is 3.01. The van der Waals surface area contributed by atoms with E-state index in [9.17, 15) is 13.2 Å². The van der Waals surface area contributed by atoms with Crippen molar-refractivity contribution in [3.63, 3.8) is 0 Å². The highest BCUT2D eigenvalue weighted by atomic mass is 35.5. The highest BCUT2D eigenvalue weighted by Crippen LogP contribution is 2.32. The largest absolute Gasteiger partial charge is 0.455 e. The average molecular weight is 378 g/mol. The van der Waals surface area contributed by atoms with Gasteiger partial charge in [0.25, 0.3) is 5.91 Å². The number of aryl methyl sites for hydroxylation is 1. The van der Waals surface area contributed by atoms with Gasteiger partial charge in [0.15, 0.2) is 5.76 Å². The number of amides is 1. The van der Waals surface area contributed by atoms with Gasteiger partial charge in [0.1, 0.15) is 10.7 Å². The van der Waals surface area contributed by atoms with Crippen LogP contribution in [-0.2, 0) is 10.0 Å². The summed E-state index contributed by atoms with van der Waals surface area (Å²) in [5.41, 5.74) is 5.68. The SMILES string of the molecule is Cc1oc(C(=O)NC(CN)C2CC2)cc1S(=O)(=O)N1CCCC1.Cl. The third kappa shape index (κ3) is 3.77. The fourth-order valence-corrected chi connectivity index (χ4v) is 4.69. The Hall–Kier alpha value is -1.09. The van der Waals surface area contributed by atoms with Crippen LogP contribution < -0.4 is 11.1 Å². The highest BCUT2D eigenvalue weighted by molar-refractivity contribution is 7.89. The maximum atomic E-state index is 12.6. The number of nitrogens with one attached hydrogen (secondary N) is 1. The second kappa shape index (κ2) is 7.43. The summed E-state index contributed by atoms with van der Waals surface area (Å²) in [6.45, 7) is 2.98. The lowest BCUT2D eigenvalue weighted by molar-refractivity contribution is 0.0904. The van der Waals surface area contributed by atoms with Gasteiger partial charge < -0.3 is 15.5 Å². The molecule has 136 valence electrons. The second-order valence-corrected chi connectivity index (χ2v) is 8.20. The van der Waals surface area contributed by atoms with Crippen LogP contribution in [0.5, 0.6) is 0 Å². The first-order valence-electron chi connectivity index (χ1n) is 8.05. The summed E-state index contributed by atoms with van der Waals surface area (Å²) in [5.74, 6) is 0.295. The molecule has 0 radical (unpaired) electrons. The number of nitrogens with zero attached hydrogens (tertiary/aromatic N) is 1. The van der Waals surface area contributed by atoms with Gasteiger partial charge in [-0.05, 0) is 38.5 Å². The number of carbonyl (C=O) groups excluding carboxylic acids is 1. The molecule has 0 bridgehead atoms. The standard InChI is InChI=1S/C15H23N3O4S.ClH/c1-10-14(23(20,21)18-6-2-3-7-18)8-13(22-10)15(19)17-12(9-16)11-4-5-11;/h8,11-12H,2-7,9,16H2,1H3,(H,17,19);1H. The number of nitrogens with two attached hydrogens (primary N) is 1. The monoisotopic (exact) mass is 377 g/mol. The van der Waals surface area contributed by atoms with Crippen molar-refractivity contribution in [1.82, 2.24) is 9.62 Å². The lowest BCUT2D eigenvalue weighted by Crippen LogP contribution is -2.41. The first-order valence-corrected chi connectivity index (χ1v) is 9.49. The molecular formula is C15H24ClN3O4S. The van der Waals surface area contributed by atoms with Gasteiger partial charge in [-0.15, -0.1) is 12.4 Å². The highest BCUT2D eigenvalue weighted by Gasteiger charge is 2.34. The Balaban J connectivity index is 0.00000208. The zero-order valence-corrected chi connectivity index (χ0v) is 15.3. The Morgan fingerprint density at radius 3 is 2.58 bits per heavy atom. The lowest BCUT2D eigenvalue weighted by Gasteiger charge is -2.14. The van der Waals surface area contributed by atoms with Crippen LogP contribution in [0, 0.1) is 12.8 Å². The minimum atomic E-state index is -3.59. The van der Waals surface area contributed by atoms with E-state index < -0.39 is 15.9 Å². The minimum absolute atomic E-state index is 0. The molecule has 9 heteroatoms. The van der Waals surface area contributed by atoms with E-state index in [1.807, 2.05) is 0 Å². The fraction of sp³-hybridized carbons (Fsp3) is 0.667. The Bertz CT molecular complexity index is 694. The third-order valence-corrected chi connectivity index (χ3v) is 6.55. The van der Waals surface area contributed by atoms with Crippen molar-refractivity contribution in [2.24, 2.45) is 11.7 Å². The average Bonchev–Trinajstić information content (AvgIpc) is 3.03. The van der Waals surface area contributed by atoms with E-state index in [-0.39, 0.29) is 34.9 Å². The summed E-state index contributed by atoms with van der Waals surface area (Å²) in [5, 5.41) is 2.84. The molecule has 1 saturated heterocycles. The Labute approximate surface area is 148 Å². The van der Waals surface area contributed by atoms with Gasteiger partial charge in [0.2, 0.25) is 10.0 Å². The van der Waals surface area contributed by atoms with Gasteiger partial charge in [0.05, 0.1) is 0 Å². The van der Waals surface area contributed by atoms with Crippen LogP contribution in [0.1, 0.15) is 42.0 Å². The van der Waals surface area contributed by atoms with Crippen molar-refractivity contribution in [3.05, 3.63) is 17.6 Å². The molecule has 1 saturated carbocycles. The summed E-state index contributed by atoms with van der Waals surface area (Å²) in [4.78, 5) is 12.4. The molecule has 2 heterocycles. The zero-order chi connectivity index (χ0) is 16.6. The maximum absolute atomic E-state index is 12.6. The summed E-state index contributed by atoms with van der Waals surface area (Å²) < 4.78 is 32.1. The number of furan rings is 1. The van der Waals surface area contributed by atoms with E-state index in [0.717, 1.165) is 25.7 Å².